The zero-order chi connectivity index (χ0) is 25.7. The average molecular weight is 506 g/mol. The fourth-order valence-electron chi connectivity index (χ4n) is 8.05. The first kappa shape index (κ1) is 19.8. The van der Waals surface area contributed by atoms with E-state index in [1.807, 2.05) is 0 Å². The van der Waals surface area contributed by atoms with Crippen molar-refractivity contribution < 1.29 is 4.42 Å². The summed E-state index contributed by atoms with van der Waals surface area (Å²) in [5.74, 6) is 0. The number of para-hydroxylation sites is 4. The largest absolute Gasteiger partial charge is 0.454 e. The summed E-state index contributed by atoms with van der Waals surface area (Å²) in [6.45, 7) is 0.0928. The maximum absolute atomic E-state index is 6.64. The number of hydrogen-bond acceptors (Lipinski definition) is 1. The number of nitrogens with zero attached hydrogens (tertiary/aromatic N) is 2. The molecular formula is C36H19BN2O. The van der Waals surface area contributed by atoms with E-state index in [0.717, 1.165) is 22.1 Å². The Hall–Kier alpha value is -5.22. The number of aromatic nitrogens is 2. The van der Waals surface area contributed by atoms with Gasteiger partial charge in [0.05, 0.1) is 11.0 Å². The lowest BCUT2D eigenvalue weighted by Crippen LogP contribution is -2.55. The van der Waals surface area contributed by atoms with E-state index in [-0.39, 0.29) is 6.85 Å². The van der Waals surface area contributed by atoms with Crippen LogP contribution in [0, 0.1) is 0 Å². The minimum Gasteiger partial charge on any atom is -0.454 e. The number of rotatable bonds is 0. The summed E-state index contributed by atoms with van der Waals surface area (Å²) in [6, 6.07) is 42.3. The van der Waals surface area contributed by atoms with E-state index < -0.39 is 0 Å². The third kappa shape index (κ3) is 2.03. The van der Waals surface area contributed by atoms with E-state index in [4.69, 9.17) is 4.42 Å². The summed E-state index contributed by atoms with van der Waals surface area (Å²) < 4.78 is 11.7. The van der Waals surface area contributed by atoms with E-state index in [1.54, 1.807) is 0 Å². The van der Waals surface area contributed by atoms with Crippen molar-refractivity contribution in [2.24, 2.45) is 0 Å². The molecule has 0 bridgehead atoms. The molecule has 2 aliphatic heterocycles. The Morgan fingerprint density at radius 3 is 2.15 bits per heavy atom. The second-order valence-electron chi connectivity index (χ2n) is 11.2. The van der Waals surface area contributed by atoms with Crippen LogP contribution in [0.1, 0.15) is 0 Å². The minimum atomic E-state index is 0.0928. The monoisotopic (exact) mass is 506 g/mol. The van der Waals surface area contributed by atoms with Crippen molar-refractivity contribution in [1.82, 2.24) is 9.05 Å². The van der Waals surface area contributed by atoms with Gasteiger partial charge in [0, 0.05) is 54.6 Å². The van der Waals surface area contributed by atoms with Crippen LogP contribution >= 0.6 is 0 Å². The Morgan fingerprint density at radius 1 is 0.500 bits per heavy atom. The van der Waals surface area contributed by atoms with Gasteiger partial charge in [-0.05, 0) is 40.8 Å². The van der Waals surface area contributed by atoms with Crippen molar-refractivity contribution >= 4 is 83.3 Å². The number of furan rings is 1. The number of benzene rings is 6. The zero-order valence-electron chi connectivity index (χ0n) is 21.3. The molecule has 11 rings (SSSR count). The first-order valence-corrected chi connectivity index (χ1v) is 13.9. The standard InChI is InChI=1S/C36H19BN2O/c1-3-15-29-20(8-1)23-11-5-12-24-22-10-7-16-30-32(22)37(39(29)33(23)24)28-14-6-13-25-26-18-19-27-21-9-2-4-17-31(21)40-36(27)35(26)38(30)34(25)28/h1-19H. The molecule has 0 saturated carbocycles. The molecule has 0 radical (unpaired) electrons. The van der Waals surface area contributed by atoms with E-state index in [9.17, 15) is 0 Å². The third-order valence-corrected chi connectivity index (χ3v) is 9.50. The van der Waals surface area contributed by atoms with Gasteiger partial charge in [0.25, 0.3) is 0 Å². The van der Waals surface area contributed by atoms with Crippen LogP contribution in [-0.4, -0.2) is 15.9 Å². The van der Waals surface area contributed by atoms with Gasteiger partial charge in [-0.15, -0.1) is 0 Å². The second kappa shape index (κ2) is 6.49. The number of fused-ring (bicyclic) bond motifs is 14. The molecule has 0 atom stereocenters. The smallest absolute Gasteiger partial charge is 0.333 e. The lowest BCUT2D eigenvalue weighted by Gasteiger charge is -2.33. The van der Waals surface area contributed by atoms with Gasteiger partial charge in [0.2, 0.25) is 0 Å². The van der Waals surface area contributed by atoms with Crippen LogP contribution in [-0.2, 0) is 0 Å². The highest BCUT2D eigenvalue weighted by Gasteiger charge is 2.41. The quantitative estimate of drug-likeness (QED) is 0.193. The first-order valence-electron chi connectivity index (χ1n) is 13.9. The fraction of sp³-hybridized carbons (Fsp3) is 0. The van der Waals surface area contributed by atoms with Crippen LogP contribution in [0.5, 0.6) is 0 Å². The van der Waals surface area contributed by atoms with E-state index in [2.05, 4.69) is 124 Å². The van der Waals surface area contributed by atoms with E-state index in [1.165, 1.54) is 71.2 Å². The second-order valence-corrected chi connectivity index (χ2v) is 11.2. The van der Waals surface area contributed by atoms with Crippen LogP contribution in [0.3, 0.4) is 0 Å². The summed E-state index contributed by atoms with van der Waals surface area (Å²) in [4.78, 5) is 0. The normalized spacial score (nSPS) is 13.4. The molecule has 0 aliphatic carbocycles. The fourth-order valence-corrected chi connectivity index (χ4v) is 8.05. The van der Waals surface area contributed by atoms with Crippen LogP contribution < -0.4 is 10.9 Å². The van der Waals surface area contributed by atoms with E-state index in [0.29, 0.717) is 0 Å². The highest BCUT2D eigenvalue weighted by atomic mass is 16.3. The number of hydrogen-bond donors (Lipinski definition) is 0. The molecule has 5 heterocycles. The van der Waals surface area contributed by atoms with Gasteiger partial charge in [-0.3, -0.25) is 0 Å². The Morgan fingerprint density at radius 2 is 1.20 bits per heavy atom. The Balaban J connectivity index is 1.41. The summed E-state index contributed by atoms with van der Waals surface area (Å²) >= 11 is 0. The van der Waals surface area contributed by atoms with Crippen LogP contribution in [0.25, 0.3) is 82.4 Å². The summed E-state index contributed by atoms with van der Waals surface area (Å²) in [6.07, 6.45) is 0. The molecule has 40 heavy (non-hydrogen) atoms. The molecule has 0 fully saturated rings. The average Bonchev–Trinajstić information content (AvgIpc) is 3.66. The summed E-state index contributed by atoms with van der Waals surface area (Å²) in [5.41, 5.74) is 13.5. The summed E-state index contributed by atoms with van der Waals surface area (Å²) in [5, 5.41) is 7.48. The van der Waals surface area contributed by atoms with Gasteiger partial charge in [-0.1, -0.05) is 91.0 Å². The molecule has 0 N–H and O–H groups in total. The van der Waals surface area contributed by atoms with Crippen molar-refractivity contribution in [3.8, 4) is 16.8 Å². The van der Waals surface area contributed by atoms with Gasteiger partial charge < -0.3 is 13.5 Å². The topological polar surface area (TPSA) is 23.0 Å². The molecule has 4 heteroatoms. The molecule has 0 amide bonds. The van der Waals surface area contributed by atoms with Crippen LogP contribution in [0.2, 0.25) is 0 Å². The predicted molar refractivity (Wildman–Crippen MR) is 167 cm³/mol. The predicted octanol–water partition coefficient (Wildman–Crippen LogP) is 7.74. The lowest BCUT2D eigenvalue weighted by molar-refractivity contribution is 0.671. The van der Waals surface area contributed by atoms with Crippen LogP contribution in [0.4, 0.5) is 0 Å². The van der Waals surface area contributed by atoms with Crippen molar-refractivity contribution in [2.75, 3.05) is 0 Å². The van der Waals surface area contributed by atoms with Gasteiger partial charge in [0.15, 0.2) is 5.58 Å². The Kier molecular flexibility index (Phi) is 3.21. The summed E-state index contributed by atoms with van der Waals surface area (Å²) in [7, 11) is 0. The van der Waals surface area contributed by atoms with Crippen LogP contribution in [0.15, 0.2) is 120 Å². The third-order valence-electron chi connectivity index (χ3n) is 9.50. The molecule has 0 unspecified atom stereocenters. The van der Waals surface area contributed by atoms with Gasteiger partial charge in [-0.2, -0.15) is 0 Å². The molecule has 0 spiro atoms. The Bertz CT molecular complexity index is 2610. The van der Waals surface area contributed by atoms with Crippen molar-refractivity contribution in [1.29, 1.82) is 0 Å². The van der Waals surface area contributed by atoms with Crippen molar-refractivity contribution in [3.63, 3.8) is 0 Å². The maximum Gasteiger partial charge on any atom is 0.333 e. The van der Waals surface area contributed by atoms with Gasteiger partial charge in [-0.25, -0.2) is 0 Å². The maximum atomic E-state index is 6.64. The molecule has 2 aliphatic rings. The molecule has 6 aromatic carbocycles. The van der Waals surface area contributed by atoms with Gasteiger partial charge >= 0.3 is 6.85 Å². The molecule has 182 valence electrons. The van der Waals surface area contributed by atoms with E-state index >= 15 is 0 Å². The highest BCUT2D eigenvalue weighted by Crippen LogP contribution is 2.44. The minimum absolute atomic E-state index is 0.0928. The zero-order valence-corrected chi connectivity index (χ0v) is 21.3. The molecular weight excluding hydrogens is 487 g/mol. The molecule has 9 aromatic rings. The lowest BCUT2D eigenvalue weighted by atomic mass is 9.45. The first-order chi connectivity index (χ1) is 19.9. The van der Waals surface area contributed by atoms with Gasteiger partial charge in [0.1, 0.15) is 5.58 Å². The van der Waals surface area contributed by atoms with Crippen molar-refractivity contribution in [3.05, 3.63) is 115 Å². The highest BCUT2D eigenvalue weighted by molar-refractivity contribution is 6.90. The molecule has 3 aromatic heterocycles. The molecule has 3 nitrogen and oxygen atoms in total. The SMILES string of the molecule is c1cc2c3c(c1)-n1c4c(cccc4c4ccc5c6ccccc6oc5c41)B3n1c3ccccc3c3cccc-2c31. The van der Waals surface area contributed by atoms with Crippen molar-refractivity contribution in [2.45, 2.75) is 0 Å². The Labute approximate surface area is 228 Å². The molecule has 0 saturated heterocycles.